The molecule has 1 aliphatic rings. The summed E-state index contributed by atoms with van der Waals surface area (Å²) < 4.78 is 11.0. The SMILES string of the molecule is CCCNC(=O)N1CCc2cc(OC)c(OC)cc2C1C(CC)NC(=O)CC(C)C. The standard InChI is InChI=1S/C23H37N3O4/c1-7-10-24-23(28)26-11-9-16-13-19(29-5)20(30-6)14-17(16)22(26)18(8-2)25-21(27)12-15(3)4/h13-15,18,22H,7-12H2,1-6H3,(H,24,28)(H,25,27). The smallest absolute Gasteiger partial charge is 0.317 e. The highest BCUT2D eigenvalue weighted by molar-refractivity contribution is 5.78. The Labute approximate surface area is 180 Å². The number of ether oxygens (including phenoxy) is 2. The van der Waals surface area contributed by atoms with Crippen LogP contribution >= 0.6 is 0 Å². The highest BCUT2D eigenvalue weighted by Crippen LogP contribution is 2.40. The molecule has 1 aromatic carbocycles. The molecule has 1 aliphatic heterocycles. The lowest BCUT2D eigenvalue weighted by Gasteiger charge is -2.42. The maximum atomic E-state index is 13.0. The van der Waals surface area contributed by atoms with Gasteiger partial charge in [0.25, 0.3) is 0 Å². The van der Waals surface area contributed by atoms with Crippen LogP contribution in [0.25, 0.3) is 0 Å². The Kier molecular flexibility index (Phi) is 8.81. The zero-order valence-corrected chi connectivity index (χ0v) is 19.2. The second-order valence-corrected chi connectivity index (χ2v) is 8.21. The van der Waals surface area contributed by atoms with Crippen molar-refractivity contribution < 1.29 is 19.1 Å². The molecule has 2 N–H and O–H groups in total. The van der Waals surface area contributed by atoms with Gasteiger partial charge in [-0.25, -0.2) is 4.79 Å². The average Bonchev–Trinajstić information content (AvgIpc) is 2.73. The molecular formula is C23H37N3O4. The Morgan fingerprint density at radius 2 is 1.83 bits per heavy atom. The third-order valence-electron chi connectivity index (χ3n) is 5.47. The fourth-order valence-electron chi connectivity index (χ4n) is 4.01. The van der Waals surface area contributed by atoms with Gasteiger partial charge in [0.05, 0.1) is 26.3 Å². The number of benzene rings is 1. The predicted octanol–water partition coefficient (Wildman–Crippen LogP) is 3.66. The summed E-state index contributed by atoms with van der Waals surface area (Å²) in [7, 11) is 3.23. The van der Waals surface area contributed by atoms with Gasteiger partial charge in [0, 0.05) is 19.5 Å². The summed E-state index contributed by atoms with van der Waals surface area (Å²) in [6.45, 7) is 9.33. The van der Waals surface area contributed by atoms with Crippen LogP contribution in [-0.2, 0) is 11.2 Å². The minimum Gasteiger partial charge on any atom is -0.493 e. The first-order valence-electron chi connectivity index (χ1n) is 10.9. The maximum Gasteiger partial charge on any atom is 0.317 e. The summed E-state index contributed by atoms with van der Waals surface area (Å²) in [5.74, 6) is 1.59. The molecule has 0 spiro atoms. The van der Waals surface area contributed by atoms with Crippen LogP contribution in [-0.4, -0.2) is 50.2 Å². The number of fused-ring (bicyclic) bond motifs is 1. The number of carbonyl (C=O) groups excluding carboxylic acids is 2. The minimum atomic E-state index is -0.272. The van der Waals surface area contributed by atoms with Gasteiger partial charge in [0.2, 0.25) is 5.91 Å². The van der Waals surface area contributed by atoms with Gasteiger partial charge in [-0.2, -0.15) is 0 Å². The minimum absolute atomic E-state index is 0.0124. The number of carbonyl (C=O) groups is 2. The molecule has 7 nitrogen and oxygen atoms in total. The number of methoxy groups -OCH3 is 2. The molecule has 1 heterocycles. The molecule has 7 heteroatoms. The number of hydrogen-bond donors (Lipinski definition) is 2. The number of nitrogens with zero attached hydrogens (tertiary/aromatic N) is 1. The molecule has 0 saturated carbocycles. The zero-order valence-electron chi connectivity index (χ0n) is 19.2. The monoisotopic (exact) mass is 419 g/mol. The number of nitrogens with one attached hydrogen (secondary N) is 2. The fourth-order valence-corrected chi connectivity index (χ4v) is 4.01. The molecule has 0 radical (unpaired) electrons. The van der Waals surface area contributed by atoms with Crippen LogP contribution in [0.3, 0.4) is 0 Å². The molecule has 30 heavy (non-hydrogen) atoms. The Morgan fingerprint density at radius 1 is 1.17 bits per heavy atom. The summed E-state index contributed by atoms with van der Waals surface area (Å²) in [5, 5.41) is 6.18. The van der Waals surface area contributed by atoms with Crippen molar-refractivity contribution in [2.75, 3.05) is 27.3 Å². The van der Waals surface area contributed by atoms with Gasteiger partial charge in [-0.15, -0.1) is 0 Å². The summed E-state index contributed by atoms with van der Waals surface area (Å²) in [6, 6.07) is 3.38. The summed E-state index contributed by atoms with van der Waals surface area (Å²) in [5.41, 5.74) is 2.12. The average molecular weight is 420 g/mol. The number of hydrogen-bond acceptors (Lipinski definition) is 4. The van der Waals surface area contributed by atoms with Gasteiger partial charge in [0.15, 0.2) is 11.5 Å². The van der Waals surface area contributed by atoms with E-state index in [-0.39, 0.29) is 29.9 Å². The summed E-state index contributed by atoms with van der Waals surface area (Å²) in [6.07, 6.45) is 2.76. The maximum absolute atomic E-state index is 13.0. The van der Waals surface area contributed by atoms with Crippen molar-refractivity contribution in [1.29, 1.82) is 0 Å². The van der Waals surface area contributed by atoms with Crippen molar-refractivity contribution in [1.82, 2.24) is 15.5 Å². The molecule has 2 unspecified atom stereocenters. The fraction of sp³-hybridized carbons (Fsp3) is 0.652. The molecule has 168 valence electrons. The first-order valence-corrected chi connectivity index (χ1v) is 10.9. The molecule has 0 aromatic heterocycles. The molecule has 2 atom stereocenters. The van der Waals surface area contributed by atoms with E-state index in [1.807, 2.05) is 44.7 Å². The van der Waals surface area contributed by atoms with Crippen LogP contribution in [0.4, 0.5) is 4.79 Å². The van der Waals surface area contributed by atoms with Crippen LogP contribution in [0.2, 0.25) is 0 Å². The molecule has 3 amide bonds. The van der Waals surface area contributed by atoms with Gasteiger partial charge < -0.3 is 25.0 Å². The molecule has 0 fully saturated rings. The molecule has 0 saturated heterocycles. The largest absolute Gasteiger partial charge is 0.493 e. The van der Waals surface area contributed by atoms with E-state index in [0.717, 1.165) is 24.0 Å². The number of rotatable bonds is 9. The third kappa shape index (κ3) is 5.58. The van der Waals surface area contributed by atoms with Crippen molar-refractivity contribution in [3.8, 4) is 11.5 Å². The van der Waals surface area contributed by atoms with Gasteiger partial charge >= 0.3 is 6.03 Å². The number of amides is 3. The van der Waals surface area contributed by atoms with E-state index < -0.39 is 0 Å². The zero-order chi connectivity index (χ0) is 22.3. The quantitative estimate of drug-likeness (QED) is 0.640. The Balaban J connectivity index is 2.46. The van der Waals surface area contributed by atoms with Crippen molar-refractivity contribution in [3.05, 3.63) is 23.3 Å². The van der Waals surface area contributed by atoms with Gasteiger partial charge in [-0.05, 0) is 48.4 Å². The van der Waals surface area contributed by atoms with Crippen LogP contribution < -0.4 is 20.1 Å². The lowest BCUT2D eigenvalue weighted by atomic mass is 9.86. The third-order valence-corrected chi connectivity index (χ3v) is 5.47. The van der Waals surface area contributed by atoms with Gasteiger partial charge in [-0.1, -0.05) is 27.7 Å². The molecule has 2 rings (SSSR count). The van der Waals surface area contributed by atoms with E-state index in [4.69, 9.17) is 9.47 Å². The number of urea groups is 1. The highest BCUT2D eigenvalue weighted by atomic mass is 16.5. The highest BCUT2D eigenvalue weighted by Gasteiger charge is 2.37. The molecule has 1 aromatic rings. The van der Waals surface area contributed by atoms with Crippen molar-refractivity contribution in [2.45, 2.75) is 65.5 Å². The summed E-state index contributed by atoms with van der Waals surface area (Å²) in [4.78, 5) is 27.4. The Hall–Kier alpha value is -2.44. The summed E-state index contributed by atoms with van der Waals surface area (Å²) >= 11 is 0. The van der Waals surface area contributed by atoms with E-state index in [0.29, 0.717) is 37.4 Å². The second-order valence-electron chi connectivity index (χ2n) is 8.21. The predicted molar refractivity (Wildman–Crippen MR) is 118 cm³/mol. The Bertz CT molecular complexity index is 735. The van der Waals surface area contributed by atoms with Crippen molar-refractivity contribution in [2.24, 2.45) is 5.92 Å². The van der Waals surface area contributed by atoms with E-state index in [9.17, 15) is 9.59 Å². The molecule has 0 bridgehead atoms. The van der Waals surface area contributed by atoms with Crippen molar-refractivity contribution >= 4 is 11.9 Å². The normalized spacial score (nSPS) is 16.6. The lowest BCUT2D eigenvalue weighted by molar-refractivity contribution is -0.123. The van der Waals surface area contributed by atoms with E-state index in [1.54, 1.807) is 14.2 Å². The van der Waals surface area contributed by atoms with Crippen LogP contribution in [0.15, 0.2) is 12.1 Å². The topological polar surface area (TPSA) is 79.9 Å². The molecule has 0 aliphatic carbocycles. The van der Waals surface area contributed by atoms with Crippen LogP contribution in [0, 0.1) is 5.92 Å². The van der Waals surface area contributed by atoms with E-state index in [1.165, 1.54) is 0 Å². The van der Waals surface area contributed by atoms with Crippen molar-refractivity contribution in [3.63, 3.8) is 0 Å². The molecular weight excluding hydrogens is 382 g/mol. The van der Waals surface area contributed by atoms with Gasteiger partial charge in [-0.3, -0.25) is 4.79 Å². The van der Waals surface area contributed by atoms with E-state index >= 15 is 0 Å². The second kappa shape index (κ2) is 11.1. The van der Waals surface area contributed by atoms with E-state index in [2.05, 4.69) is 10.6 Å². The van der Waals surface area contributed by atoms with Crippen LogP contribution in [0.1, 0.15) is 64.1 Å². The first kappa shape index (κ1) is 23.8. The Morgan fingerprint density at radius 3 is 2.40 bits per heavy atom. The lowest BCUT2D eigenvalue weighted by Crippen LogP contribution is -2.53. The van der Waals surface area contributed by atoms with Gasteiger partial charge in [0.1, 0.15) is 0 Å². The first-order chi connectivity index (χ1) is 14.4. The van der Waals surface area contributed by atoms with Crippen LogP contribution in [0.5, 0.6) is 11.5 Å².